The maximum atomic E-state index is 14.1. The molecule has 0 saturated heterocycles. The van der Waals surface area contributed by atoms with Gasteiger partial charge in [-0.1, -0.05) is 43.1 Å². The molecular weight excluding hydrogens is 488 g/mol. The van der Waals surface area contributed by atoms with Gasteiger partial charge in [-0.3, -0.25) is 19.5 Å². The number of aryl methyl sites for hydroxylation is 3. The summed E-state index contributed by atoms with van der Waals surface area (Å²) in [4.78, 5) is 43.0. The molecule has 1 N–H and O–H groups in total. The molecule has 0 atom stereocenters. The van der Waals surface area contributed by atoms with Crippen LogP contribution < -0.4 is 15.0 Å². The number of halogens is 1. The number of imide groups is 1. The third-order valence-electron chi connectivity index (χ3n) is 6.31. The van der Waals surface area contributed by atoms with E-state index in [4.69, 9.17) is 11.6 Å². The molecule has 0 bridgehead atoms. The monoisotopic (exact) mass is 513 g/mol. The van der Waals surface area contributed by atoms with Crippen LogP contribution >= 0.6 is 11.6 Å². The number of aromatic amines is 1. The fraction of sp³-hybridized carbons (Fsp3) is 0.172. The van der Waals surface area contributed by atoms with Crippen molar-refractivity contribution >= 4 is 40.4 Å². The van der Waals surface area contributed by atoms with Crippen LogP contribution in [0.25, 0.3) is 17.0 Å². The highest BCUT2D eigenvalue weighted by Crippen LogP contribution is 2.34. The van der Waals surface area contributed by atoms with Crippen LogP contribution in [-0.4, -0.2) is 21.6 Å². The molecule has 2 aromatic heterocycles. The summed E-state index contributed by atoms with van der Waals surface area (Å²) < 4.78 is 3.01. The Kier molecular flexibility index (Phi) is 6.39. The van der Waals surface area contributed by atoms with Gasteiger partial charge in [-0.05, 0) is 62.2 Å². The zero-order valence-electron chi connectivity index (χ0n) is 20.8. The molecule has 0 saturated carbocycles. The van der Waals surface area contributed by atoms with Gasteiger partial charge in [-0.2, -0.15) is 4.57 Å². The lowest BCUT2D eigenvalue weighted by Crippen LogP contribution is -2.39. The first-order valence-corrected chi connectivity index (χ1v) is 12.5. The van der Waals surface area contributed by atoms with Crippen molar-refractivity contribution < 1.29 is 14.2 Å². The van der Waals surface area contributed by atoms with Crippen LogP contribution in [0, 0.1) is 13.8 Å². The van der Waals surface area contributed by atoms with E-state index in [-0.39, 0.29) is 16.8 Å². The molecule has 7 nitrogen and oxygen atoms in total. The normalized spacial score (nSPS) is 13.7. The largest absolute Gasteiger partial charge is 0.331 e. The molecule has 0 fully saturated rings. The molecule has 8 heteroatoms. The first-order valence-electron chi connectivity index (χ1n) is 12.1. The quantitative estimate of drug-likeness (QED) is 0.302. The first kappa shape index (κ1) is 24.5. The molecule has 0 aliphatic carbocycles. The summed E-state index contributed by atoms with van der Waals surface area (Å²) >= 11 is 6.19. The van der Waals surface area contributed by atoms with Crippen molar-refractivity contribution in [2.75, 3.05) is 4.90 Å². The Hall–Kier alpha value is -4.23. The number of carbonyl (C=O) groups excluding carboxylic acids is 2. The van der Waals surface area contributed by atoms with Gasteiger partial charge in [-0.15, -0.1) is 0 Å². The second-order valence-corrected chi connectivity index (χ2v) is 9.57. The Bertz CT molecular complexity index is 1650. The number of nitrogens with zero attached hydrogens (tertiary/aromatic N) is 3. The van der Waals surface area contributed by atoms with Crippen LogP contribution in [0.4, 0.5) is 5.69 Å². The number of benzene rings is 2. The van der Waals surface area contributed by atoms with Crippen molar-refractivity contribution in [1.82, 2.24) is 9.78 Å². The van der Waals surface area contributed by atoms with Gasteiger partial charge in [0, 0.05) is 22.3 Å². The number of carbonyl (C=O) groups is 2. The topological polar surface area (TPSA) is 79.1 Å². The van der Waals surface area contributed by atoms with Gasteiger partial charge in [0.15, 0.2) is 12.4 Å². The highest BCUT2D eigenvalue weighted by molar-refractivity contribution is 6.53. The predicted molar refractivity (Wildman–Crippen MR) is 144 cm³/mol. The van der Waals surface area contributed by atoms with E-state index in [0.29, 0.717) is 28.5 Å². The minimum absolute atomic E-state index is 0.0765. The summed E-state index contributed by atoms with van der Waals surface area (Å²) in [5.41, 5.74) is 3.39. The maximum absolute atomic E-state index is 14.1. The summed E-state index contributed by atoms with van der Waals surface area (Å²) in [7, 11) is 0. The summed E-state index contributed by atoms with van der Waals surface area (Å²) in [5, 5.41) is 3.65. The number of hydrogen-bond acceptors (Lipinski definition) is 3. The number of aromatic nitrogens is 3. The number of anilines is 1. The molecule has 1 aliphatic heterocycles. The molecule has 186 valence electrons. The molecule has 0 radical (unpaired) electrons. The molecule has 1 aliphatic rings. The van der Waals surface area contributed by atoms with E-state index in [1.165, 1.54) is 4.68 Å². The molecule has 0 spiro atoms. The minimum atomic E-state index is -0.536. The van der Waals surface area contributed by atoms with Gasteiger partial charge in [-0.25, -0.2) is 9.58 Å². The first-order chi connectivity index (χ1) is 17.8. The maximum Gasteiger partial charge on any atom is 0.331 e. The van der Waals surface area contributed by atoms with Crippen LogP contribution in [0.1, 0.15) is 35.7 Å². The molecular formula is C29H26ClN4O3+. The molecule has 0 unspecified atom stereocenters. The van der Waals surface area contributed by atoms with E-state index in [2.05, 4.69) is 5.10 Å². The van der Waals surface area contributed by atoms with E-state index in [9.17, 15) is 14.4 Å². The predicted octanol–water partition coefficient (Wildman–Crippen LogP) is 4.62. The summed E-state index contributed by atoms with van der Waals surface area (Å²) in [5.74, 6) is -1.02. The van der Waals surface area contributed by atoms with Crippen molar-refractivity contribution in [3.05, 3.63) is 111 Å². The van der Waals surface area contributed by atoms with E-state index in [1.807, 2.05) is 32.9 Å². The Morgan fingerprint density at radius 3 is 2.32 bits per heavy atom. The van der Waals surface area contributed by atoms with Crippen LogP contribution in [0.2, 0.25) is 5.02 Å². The van der Waals surface area contributed by atoms with Crippen LogP contribution in [0.15, 0.2) is 77.9 Å². The minimum Gasteiger partial charge on any atom is -0.294 e. The van der Waals surface area contributed by atoms with Gasteiger partial charge in [0.2, 0.25) is 0 Å². The van der Waals surface area contributed by atoms with Gasteiger partial charge in [0.25, 0.3) is 17.2 Å². The average Bonchev–Trinajstić information content (AvgIpc) is 3.31. The van der Waals surface area contributed by atoms with Gasteiger partial charge in [0.05, 0.1) is 16.9 Å². The zero-order valence-corrected chi connectivity index (χ0v) is 21.5. The molecule has 5 rings (SSSR count). The van der Waals surface area contributed by atoms with E-state index in [1.54, 1.807) is 65.5 Å². The third kappa shape index (κ3) is 4.32. The number of pyridine rings is 1. The molecule has 3 heterocycles. The second kappa shape index (κ2) is 9.67. The molecule has 4 aromatic rings. The lowest BCUT2D eigenvalue weighted by molar-refractivity contribution is -0.577. The SMILES string of the molecule is CCCc1[nH]n(-c2cccc(Cl)c2)c(=O)c1C1=C([n+]2cccc(C)c2)C(=O)N(c2cccc(C)c2)C1=O. The standard InChI is InChI=1S/C29H25ClN4O3/c1-4-8-23-24(28(36)34(31-23)22-13-6-11-20(30)16-22)25-26(32-14-7-10-19(3)17-32)29(37)33(27(25)35)21-12-5-9-18(2)15-21/h5-7,9-17H,4,8H2,1-3H3/p+1. The number of nitrogens with one attached hydrogen (secondary N) is 1. The molecule has 2 aromatic carbocycles. The highest BCUT2D eigenvalue weighted by atomic mass is 35.5. The van der Waals surface area contributed by atoms with E-state index >= 15 is 0 Å². The number of rotatable bonds is 6. The lowest BCUT2D eigenvalue weighted by atomic mass is 10.0. The summed E-state index contributed by atoms with van der Waals surface area (Å²) in [6.45, 7) is 5.79. The Morgan fingerprint density at radius 1 is 0.892 bits per heavy atom. The van der Waals surface area contributed by atoms with Crippen molar-refractivity contribution in [3.8, 4) is 5.69 Å². The van der Waals surface area contributed by atoms with E-state index < -0.39 is 17.4 Å². The smallest absolute Gasteiger partial charge is 0.294 e. The van der Waals surface area contributed by atoms with Crippen molar-refractivity contribution in [2.45, 2.75) is 33.6 Å². The third-order valence-corrected chi connectivity index (χ3v) is 6.54. The van der Waals surface area contributed by atoms with Crippen molar-refractivity contribution in [2.24, 2.45) is 0 Å². The number of hydrogen-bond donors (Lipinski definition) is 1. The van der Waals surface area contributed by atoms with Crippen molar-refractivity contribution in [3.63, 3.8) is 0 Å². The molecule has 37 heavy (non-hydrogen) atoms. The van der Waals surface area contributed by atoms with Crippen LogP contribution in [0.3, 0.4) is 0 Å². The average molecular weight is 514 g/mol. The number of amides is 2. The highest BCUT2D eigenvalue weighted by Gasteiger charge is 2.48. The van der Waals surface area contributed by atoms with Crippen molar-refractivity contribution in [1.29, 1.82) is 0 Å². The van der Waals surface area contributed by atoms with Gasteiger partial charge in [0.1, 0.15) is 5.57 Å². The Balaban J connectivity index is 1.80. The zero-order chi connectivity index (χ0) is 26.3. The number of H-pyrrole nitrogens is 1. The fourth-order valence-electron chi connectivity index (χ4n) is 4.68. The fourth-order valence-corrected chi connectivity index (χ4v) is 4.87. The van der Waals surface area contributed by atoms with E-state index in [0.717, 1.165) is 22.4 Å². The Labute approximate surface area is 219 Å². The summed E-state index contributed by atoms with van der Waals surface area (Å²) in [6.07, 6.45) is 4.74. The Morgan fingerprint density at radius 2 is 1.62 bits per heavy atom. The van der Waals surface area contributed by atoms with Crippen LogP contribution in [0.5, 0.6) is 0 Å². The van der Waals surface area contributed by atoms with Crippen LogP contribution in [-0.2, 0) is 16.0 Å². The van der Waals surface area contributed by atoms with Gasteiger partial charge < -0.3 is 0 Å². The van der Waals surface area contributed by atoms with Gasteiger partial charge >= 0.3 is 5.91 Å². The second-order valence-electron chi connectivity index (χ2n) is 9.13. The lowest BCUT2D eigenvalue weighted by Gasteiger charge is -2.14. The molecule has 2 amide bonds. The summed E-state index contributed by atoms with van der Waals surface area (Å²) in [6, 6.07) is 17.8.